The van der Waals surface area contributed by atoms with Gasteiger partial charge in [0.05, 0.1) is 13.0 Å². The summed E-state index contributed by atoms with van der Waals surface area (Å²) in [7, 11) is 0. The van der Waals surface area contributed by atoms with Gasteiger partial charge in [0.15, 0.2) is 11.5 Å². The molecule has 2 aliphatic rings. The molecule has 0 saturated heterocycles. The Kier molecular flexibility index (Phi) is 3.35. The summed E-state index contributed by atoms with van der Waals surface area (Å²) in [6, 6.07) is 5.33. The summed E-state index contributed by atoms with van der Waals surface area (Å²) < 4.78 is 10.9. The second-order valence-corrected chi connectivity index (χ2v) is 4.64. The number of Topliss-reactive ketones (excluding diaryl/α,β-unsaturated/α-hetero) is 1. The Bertz CT molecular complexity index is 525. The lowest BCUT2D eigenvalue weighted by atomic mass is 10.1. The van der Waals surface area contributed by atoms with Crippen LogP contribution in [0.25, 0.3) is 0 Å². The molecule has 1 aromatic rings. The summed E-state index contributed by atoms with van der Waals surface area (Å²) in [6.07, 6.45) is 2.12. The number of carbonyl (C=O) groups excluding carboxylic acids is 1. The molecule has 3 rings (SSSR count). The summed E-state index contributed by atoms with van der Waals surface area (Å²) in [6.45, 7) is 2.39. The number of amidine groups is 1. The number of fused-ring (bicyclic) bond motifs is 1. The first-order valence-electron chi connectivity index (χ1n) is 6.59. The van der Waals surface area contributed by atoms with E-state index in [-0.39, 0.29) is 5.78 Å². The third kappa shape index (κ3) is 2.70. The van der Waals surface area contributed by atoms with Gasteiger partial charge in [-0.1, -0.05) is 0 Å². The Hall–Kier alpha value is -2.04. The number of hydrogen-bond donors (Lipinski definition) is 2. The van der Waals surface area contributed by atoms with Gasteiger partial charge < -0.3 is 9.47 Å². The van der Waals surface area contributed by atoms with Gasteiger partial charge in [0.25, 0.3) is 0 Å². The molecule has 5 heteroatoms. The van der Waals surface area contributed by atoms with Gasteiger partial charge in [0.1, 0.15) is 19.8 Å². The maximum absolute atomic E-state index is 12.1. The number of hydrogen-bond acceptors (Lipinski definition) is 4. The molecular weight excluding hydrogens is 244 g/mol. The summed E-state index contributed by atoms with van der Waals surface area (Å²) in [5.74, 6) is 2.48. The smallest absolute Gasteiger partial charge is 0.243 e. The molecule has 0 amide bonds. The monoisotopic (exact) mass is 261 g/mol. The molecule has 0 saturated carbocycles. The molecule has 19 heavy (non-hydrogen) atoms. The molecule has 5 nitrogen and oxygen atoms in total. The normalized spacial score (nSPS) is 16.9. The van der Waals surface area contributed by atoms with Crippen molar-refractivity contribution in [3.05, 3.63) is 23.8 Å². The fraction of sp³-hybridized carbons (Fsp3) is 0.429. The standard InChI is InChI=1S/C14H16N2O3/c17-11(9-16-14-2-1-5-15-14)10-3-4-12-13(8-10)19-7-6-18-12/h3-4,8H,1-2,5-7,9H2,(H,15,16)/p+1. The van der Waals surface area contributed by atoms with E-state index in [1.165, 1.54) is 0 Å². The van der Waals surface area contributed by atoms with Crippen LogP contribution in [0.3, 0.4) is 0 Å². The highest BCUT2D eigenvalue weighted by molar-refractivity contribution is 5.99. The highest BCUT2D eigenvalue weighted by Gasteiger charge is 2.18. The van der Waals surface area contributed by atoms with Crippen molar-refractivity contribution in [2.45, 2.75) is 12.8 Å². The molecule has 2 N–H and O–H groups in total. The highest BCUT2D eigenvalue weighted by atomic mass is 16.6. The topological polar surface area (TPSA) is 61.5 Å². The van der Waals surface area contributed by atoms with Crippen LogP contribution in [0, 0.1) is 0 Å². The molecule has 0 spiro atoms. The maximum atomic E-state index is 12.1. The van der Waals surface area contributed by atoms with Gasteiger partial charge in [-0.3, -0.25) is 15.1 Å². The van der Waals surface area contributed by atoms with Crippen molar-refractivity contribution in [2.75, 3.05) is 26.3 Å². The van der Waals surface area contributed by atoms with Crippen molar-refractivity contribution in [1.29, 1.82) is 0 Å². The Morgan fingerprint density at radius 1 is 1.26 bits per heavy atom. The van der Waals surface area contributed by atoms with Crippen LogP contribution < -0.4 is 19.8 Å². The van der Waals surface area contributed by atoms with Gasteiger partial charge in [0.2, 0.25) is 11.6 Å². The number of ether oxygens (including phenoxy) is 2. The van der Waals surface area contributed by atoms with E-state index in [2.05, 4.69) is 10.3 Å². The molecule has 0 fully saturated rings. The van der Waals surface area contributed by atoms with Crippen molar-refractivity contribution < 1.29 is 19.3 Å². The predicted molar refractivity (Wildman–Crippen MR) is 69.8 cm³/mol. The molecule has 2 heterocycles. The van der Waals surface area contributed by atoms with Crippen molar-refractivity contribution in [2.24, 2.45) is 0 Å². The second kappa shape index (κ2) is 5.30. The SMILES string of the molecule is O=C(CNC1=[NH+]CCC1)c1ccc2c(c1)OCCO2. The minimum Gasteiger partial charge on any atom is -0.486 e. The van der Waals surface area contributed by atoms with Crippen LogP contribution in [0.15, 0.2) is 18.2 Å². The number of ketones is 1. The zero-order valence-corrected chi connectivity index (χ0v) is 10.7. The fourth-order valence-electron chi connectivity index (χ4n) is 2.25. The van der Waals surface area contributed by atoms with Crippen molar-refractivity contribution >= 4 is 11.6 Å². The molecule has 0 bridgehead atoms. The van der Waals surface area contributed by atoms with Gasteiger partial charge >= 0.3 is 0 Å². The lowest BCUT2D eigenvalue weighted by molar-refractivity contribution is -0.449. The van der Waals surface area contributed by atoms with Gasteiger partial charge in [-0.05, 0) is 24.6 Å². The minimum atomic E-state index is 0.0539. The minimum absolute atomic E-state index is 0.0539. The lowest BCUT2D eigenvalue weighted by Crippen LogP contribution is -2.72. The average Bonchev–Trinajstić information content (AvgIpc) is 2.97. The number of benzene rings is 1. The van der Waals surface area contributed by atoms with E-state index in [9.17, 15) is 4.79 Å². The molecule has 0 radical (unpaired) electrons. The van der Waals surface area contributed by atoms with Crippen LogP contribution in [-0.4, -0.2) is 37.9 Å². The quantitative estimate of drug-likeness (QED) is 0.720. The second-order valence-electron chi connectivity index (χ2n) is 4.64. The van der Waals surface area contributed by atoms with Gasteiger partial charge in [0, 0.05) is 5.56 Å². The molecule has 0 aliphatic carbocycles. The third-order valence-corrected chi connectivity index (χ3v) is 3.27. The Morgan fingerprint density at radius 3 is 2.89 bits per heavy atom. The molecule has 0 aromatic heterocycles. The van der Waals surface area contributed by atoms with Crippen molar-refractivity contribution in [3.8, 4) is 11.5 Å². The van der Waals surface area contributed by atoms with Crippen LogP contribution in [0.5, 0.6) is 11.5 Å². The summed E-state index contributed by atoms with van der Waals surface area (Å²) in [5, 5.41) is 3.14. The molecule has 0 unspecified atom stereocenters. The first-order chi connectivity index (χ1) is 9.33. The van der Waals surface area contributed by atoms with E-state index in [1.54, 1.807) is 18.2 Å². The number of carbonyl (C=O) groups is 1. The van der Waals surface area contributed by atoms with Crippen LogP contribution in [0.1, 0.15) is 23.2 Å². The average molecular weight is 261 g/mol. The van der Waals surface area contributed by atoms with E-state index in [0.717, 1.165) is 25.2 Å². The Morgan fingerprint density at radius 2 is 2.11 bits per heavy atom. The van der Waals surface area contributed by atoms with E-state index >= 15 is 0 Å². The van der Waals surface area contributed by atoms with Crippen LogP contribution in [-0.2, 0) is 0 Å². The summed E-state index contributed by atoms with van der Waals surface area (Å²) in [5.41, 5.74) is 0.648. The molecule has 0 atom stereocenters. The first-order valence-corrected chi connectivity index (χ1v) is 6.59. The maximum Gasteiger partial charge on any atom is 0.243 e. The van der Waals surface area contributed by atoms with Gasteiger partial charge in [-0.25, -0.2) is 0 Å². The predicted octanol–water partition coefficient (Wildman–Crippen LogP) is -0.497. The summed E-state index contributed by atoms with van der Waals surface area (Å²) >= 11 is 0. The van der Waals surface area contributed by atoms with E-state index < -0.39 is 0 Å². The molecule has 2 aliphatic heterocycles. The number of nitrogens with one attached hydrogen (secondary N) is 2. The number of rotatable bonds is 3. The zero-order chi connectivity index (χ0) is 13.1. The van der Waals surface area contributed by atoms with E-state index in [0.29, 0.717) is 36.8 Å². The summed E-state index contributed by atoms with van der Waals surface area (Å²) in [4.78, 5) is 15.3. The lowest BCUT2D eigenvalue weighted by Gasteiger charge is -2.18. The first kappa shape index (κ1) is 12.0. The van der Waals surface area contributed by atoms with Crippen LogP contribution >= 0.6 is 0 Å². The molecule has 100 valence electrons. The highest BCUT2D eigenvalue weighted by Crippen LogP contribution is 2.30. The van der Waals surface area contributed by atoms with Gasteiger partial charge in [-0.15, -0.1) is 0 Å². The molecular formula is C14H17N2O3+. The van der Waals surface area contributed by atoms with E-state index in [1.807, 2.05) is 0 Å². The van der Waals surface area contributed by atoms with Gasteiger partial charge in [-0.2, -0.15) is 0 Å². The van der Waals surface area contributed by atoms with Crippen LogP contribution in [0.2, 0.25) is 0 Å². The van der Waals surface area contributed by atoms with Crippen molar-refractivity contribution in [3.63, 3.8) is 0 Å². The fourth-order valence-corrected chi connectivity index (χ4v) is 2.25. The largest absolute Gasteiger partial charge is 0.486 e. The molecule has 1 aromatic carbocycles. The Balaban J connectivity index is 1.65. The van der Waals surface area contributed by atoms with E-state index in [4.69, 9.17) is 9.47 Å². The Labute approximate surface area is 111 Å². The van der Waals surface area contributed by atoms with Crippen LogP contribution in [0.4, 0.5) is 0 Å². The van der Waals surface area contributed by atoms with Crippen molar-refractivity contribution in [1.82, 2.24) is 5.32 Å². The zero-order valence-electron chi connectivity index (χ0n) is 10.7. The third-order valence-electron chi connectivity index (χ3n) is 3.27.